The fourth-order valence-corrected chi connectivity index (χ4v) is 6.33. The molecule has 0 bridgehead atoms. The zero-order chi connectivity index (χ0) is 19.8. The summed E-state index contributed by atoms with van der Waals surface area (Å²) in [4.78, 5) is 0. The van der Waals surface area contributed by atoms with E-state index in [2.05, 4.69) is 103 Å². The Labute approximate surface area is 162 Å². The lowest BCUT2D eigenvalue weighted by Gasteiger charge is -2.32. The van der Waals surface area contributed by atoms with Gasteiger partial charge in [0, 0.05) is 0 Å². The largest absolute Gasteiger partial charge is 0.494 e. The van der Waals surface area contributed by atoms with Gasteiger partial charge in [0.1, 0.15) is 0 Å². The van der Waals surface area contributed by atoms with Crippen molar-refractivity contribution in [2.75, 3.05) is 0 Å². The topological polar surface area (TPSA) is 18.5 Å². The molecular weight excluding hydrogens is 351 g/mol. The summed E-state index contributed by atoms with van der Waals surface area (Å²) in [6.45, 7) is 20.3. The maximum absolute atomic E-state index is 6.32. The lowest BCUT2D eigenvalue weighted by molar-refractivity contribution is 0.00578. The Kier molecular flexibility index (Phi) is 6.02. The standard InChI is InChI=1S/C21H35BO2Si2/c1-20(2)21(3,4)24-22(23-20)19(25(5,6)7)16-13-17-26(8,9)18-14-11-10-12-15-18/h10-15H,17H2,1-9H3. The number of allylic oxidation sites excluding steroid dienone is 1. The average molecular weight is 386 g/mol. The second-order valence-corrected chi connectivity index (χ2v) is 19.8. The molecule has 0 amide bonds. The molecule has 1 aromatic carbocycles. The van der Waals surface area contributed by atoms with Crippen molar-refractivity contribution in [2.45, 2.75) is 77.7 Å². The molecule has 0 spiro atoms. The van der Waals surface area contributed by atoms with E-state index < -0.39 is 16.1 Å². The highest BCUT2D eigenvalue weighted by molar-refractivity contribution is 6.95. The maximum atomic E-state index is 6.32. The van der Waals surface area contributed by atoms with E-state index in [-0.39, 0.29) is 18.3 Å². The second-order valence-electron chi connectivity index (χ2n) is 10.1. The van der Waals surface area contributed by atoms with Crippen LogP contribution in [0.4, 0.5) is 0 Å². The average Bonchev–Trinajstić information content (AvgIpc) is 2.71. The molecule has 2 nitrogen and oxygen atoms in total. The van der Waals surface area contributed by atoms with Gasteiger partial charge in [-0.05, 0) is 44.9 Å². The molecule has 1 saturated heterocycles. The molecule has 1 fully saturated rings. The van der Waals surface area contributed by atoms with E-state index in [9.17, 15) is 0 Å². The zero-order valence-corrected chi connectivity index (χ0v) is 20.1. The number of hydrogen-bond acceptors (Lipinski definition) is 2. The molecule has 5 heteroatoms. The van der Waals surface area contributed by atoms with Crippen LogP contribution in [0.5, 0.6) is 0 Å². The highest BCUT2D eigenvalue weighted by Gasteiger charge is 2.54. The summed E-state index contributed by atoms with van der Waals surface area (Å²) in [5, 5.41) is 2.72. The van der Waals surface area contributed by atoms with Crippen molar-refractivity contribution in [3.63, 3.8) is 0 Å². The molecule has 0 unspecified atom stereocenters. The molecule has 2 rings (SSSR count). The molecule has 1 heterocycles. The normalized spacial score (nSPS) is 19.2. The van der Waals surface area contributed by atoms with E-state index in [0.717, 1.165) is 6.04 Å². The molecule has 0 aromatic heterocycles. The number of benzene rings is 1. The van der Waals surface area contributed by atoms with Gasteiger partial charge in [0.25, 0.3) is 0 Å². The monoisotopic (exact) mass is 386 g/mol. The molecular formula is C21H35BO2Si2. The van der Waals surface area contributed by atoms with Crippen molar-refractivity contribution in [2.24, 2.45) is 0 Å². The first-order chi connectivity index (χ1) is 11.8. The summed E-state index contributed by atoms with van der Waals surface area (Å²) >= 11 is 0. The Hall–Kier alpha value is -0.841. The van der Waals surface area contributed by atoms with E-state index >= 15 is 0 Å². The van der Waals surface area contributed by atoms with E-state index in [1.807, 2.05) is 0 Å². The zero-order valence-electron chi connectivity index (χ0n) is 18.1. The Morgan fingerprint density at radius 1 is 0.962 bits per heavy atom. The first-order valence-electron chi connectivity index (χ1n) is 9.63. The van der Waals surface area contributed by atoms with Gasteiger partial charge in [0.05, 0.1) is 27.3 Å². The van der Waals surface area contributed by atoms with Crippen LogP contribution in [-0.2, 0) is 9.31 Å². The Morgan fingerprint density at radius 2 is 1.46 bits per heavy atom. The summed E-state index contributed by atoms with van der Waals surface area (Å²) in [6, 6.07) is 12.0. The molecule has 0 atom stereocenters. The first-order valence-corrected chi connectivity index (χ1v) is 16.3. The van der Waals surface area contributed by atoms with Gasteiger partial charge in [-0.25, -0.2) is 0 Å². The predicted octanol–water partition coefficient (Wildman–Crippen LogP) is 5.19. The van der Waals surface area contributed by atoms with Crippen LogP contribution in [0.15, 0.2) is 47.2 Å². The third-order valence-electron chi connectivity index (χ3n) is 5.72. The fourth-order valence-electron chi connectivity index (χ4n) is 3.02. The van der Waals surface area contributed by atoms with Gasteiger partial charge in [-0.3, -0.25) is 0 Å². The molecule has 1 aliphatic rings. The quantitative estimate of drug-likeness (QED) is 0.512. The van der Waals surface area contributed by atoms with Gasteiger partial charge in [0.2, 0.25) is 0 Å². The minimum Gasteiger partial charge on any atom is -0.399 e. The number of hydrogen-bond donors (Lipinski definition) is 0. The second kappa shape index (κ2) is 7.29. The highest BCUT2D eigenvalue weighted by atomic mass is 28.3. The van der Waals surface area contributed by atoms with Crippen LogP contribution >= 0.6 is 0 Å². The summed E-state index contributed by atoms with van der Waals surface area (Å²) in [6.07, 6.45) is 2.25. The van der Waals surface area contributed by atoms with E-state index in [4.69, 9.17) is 9.31 Å². The van der Waals surface area contributed by atoms with Gasteiger partial charge in [-0.1, -0.05) is 68.3 Å². The van der Waals surface area contributed by atoms with E-state index in [1.165, 1.54) is 10.3 Å². The van der Waals surface area contributed by atoms with Crippen LogP contribution in [-0.4, -0.2) is 34.5 Å². The molecule has 0 saturated carbocycles. The summed E-state index contributed by atoms with van der Waals surface area (Å²) in [5.74, 6) is 0. The van der Waals surface area contributed by atoms with Gasteiger partial charge < -0.3 is 9.31 Å². The minimum absolute atomic E-state index is 0.274. The molecule has 0 aliphatic carbocycles. The molecule has 142 valence electrons. The van der Waals surface area contributed by atoms with Crippen molar-refractivity contribution < 1.29 is 9.31 Å². The Morgan fingerprint density at radius 3 is 1.92 bits per heavy atom. The van der Waals surface area contributed by atoms with Crippen molar-refractivity contribution in [3.8, 4) is 0 Å². The Balaban J connectivity index is 2.29. The summed E-state index contributed by atoms with van der Waals surface area (Å²) in [7, 11) is -3.39. The van der Waals surface area contributed by atoms with E-state index in [0.29, 0.717) is 0 Å². The van der Waals surface area contributed by atoms with Crippen LogP contribution < -0.4 is 5.19 Å². The minimum atomic E-state index is -1.61. The van der Waals surface area contributed by atoms with Crippen LogP contribution in [0, 0.1) is 0 Å². The van der Waals surface area contributed by atoms with Crippen LogP contribution in [0.25, 0.3) is 0 Å². The lowest BCUT2D eigenvalue weighted by Crippen LogP contribution is -2.41. The SMILES string of the molecule is CC1(C)OB(C(=C=CC[Si](C)(C)c2ccccc2)[Si](C)(C)C)OC1(C)C. The molecule has 1 aliphatic heterocycles. The van der Waals surface area contributed by atoms with Gasteiger partial charge in [-0.2, -0.15) is 0 Å². The van der Waals surface area contributed by atoms with Crippen LogP contribution in [0.2, 0.25) is 38.8 Å². The third-order valence-corrected chi connectivity index (χ3v) is 10.8. The van der Waals surface area contributed by atoms with Crippen molar-refractivity contribution in [1.82, 2.24) is 0 Å². The van der Waals surface area contributed by atoms with Gasteiger partial charge >= 0.3 is 7.12 Å². The predicted molar refractivity (Wildman–Crippen MR) is 119 cm³/mol. The van der Waals surface area contributed by atoms with Crippen LogP contribution in [0.3, 0.4) is 0 Å². The van der Waals surface area contributed by atoms with Crippen LogP contribution in [0.1, 0.15) is 27.7 Å². The lowest BCUT2D eigenvalue weighted by atomic mass is 9.90. The Bertz CT molecular complexity index is 680. The van der Waals surface area contributed by atoms with Crippen molar-refractivity contribution in [3.05, 3.63) is 47.2 Å². The summed E-state index contributed by atoms with van der Waals surface area (Å²) in [5.41, 5.74) is 3.03. The van der Waals surface area contributed by atoms with E-state index in [1.54, 1.807) is 0 Å². The first kappa shape index (κ1) is 21.5. The number of rotatable bonds is 5. The molecule has 0 radical (unpaired) electrons. The van der Waals surface area contributed by atoms with Crippen molar-refractivity contribution >= 4 is 28.5 Å². The smallest absolute Gasteiger partial charge is 0.399 e. The summed E-state index contributed by atoms with van der Waals surface area (Å²) < 4.78 is 12.6. The maximum Gasteiger partial charge on any atom is 0.494 e. The van der Waals surface area contributed by atoms with Gasteiger partial charge in [-0.15, -0.1) is 5.73 Å². The molecule has 1 aromatic rings. The van der Waals surface area contributed by atoms with Gasteiger partial charge in [0.15, 0.2) is 0 Å². The molecule has 0 N–H and O–H groups in total. The molecule has 26 heavy (non-hydrogen) atoms. The third kappa shape index (κ3) is 4.71. The van der Waals surface area contributed by atoms with Crippen molar-refractivity contribution in [1.29, 1.82) is 0 Å². The highest BCUT2D eigenvalue weighted by Crippen LogP contribution is 2.39. The fraction of sp³-hybridized carbons (Fsp3) is 0.571.